The number of unbranched alkanes of at least 4 members (excludes halogenated alkanes) is 1. The number of anilines is 1. The summed E-state index contributed by atoms with van der Waals surface area (Å²) in [4.78, 5) is 31.5. The number of amides is 1. The number of benzene rings is 1. The van der Waals surface area contributed by atoms with Gasteiger partial charge in [0, 0.05) is 17.8 Å². The highest BCUT2D eigenvalue weighted by molar-refractivity contribution is 9.09. The third-order valence-electron chi connectivity index (χ3n) is 2.45. The Bertz CT molecular complexity index is 535. The van der Waals surface area contributed by atoms with Gasteiger partial charge in [-0.1, -0.05) is 15.9 Å². The van der Waals surface area contributed by atoms with Gasteiger partial charge in [0.2, 0.25) is 5.91 Å². The van der Waals surface area contributed by atoms with E-state index < -0.39 is 21.2 Å². The molecule has 108 valence electrons. The summed E-state index contributed by atoms with van der Waals surface area (Å²) in [6, 6.07) is 3.11. The van der Waals surface area contributed by atoms with Gasteiger partial charge in [-0.15, -0.1) is 0 Å². The number of non-ortho nitro benzene ring substituents is 1. The maximum Gasteiger partial charge on any atom is 0.299 e. The third kappa shape index (κ3) is 4.57. The topological polar surface area (TPSA) is 115 Å². The van der Waals surface area contributed by atoms with Gasteiger partial charge in [0.15, 0.2) is 0 Å². The zero-order valence-corrected chi connectivity index (χ0v) is 12.0. The predicted octanol–water partition coefficient (Wildman–Crippen LogP) is 3.01. The van der Waals surface area contributed by atoms with Crippen LogP contribution in [-0.4, -0.2) is 21.1 Å². The van der Waals surface area contributed by atoms with E-state index in [1.165, 1.54) is 6.07 Å². The first-order valence-corrected chi connectivity index (χ1v) is 6.86. The molecule has 9 heteroatoms. The molecule has 0 aromatic heterocycles. The van der Waals surface area contributed by atoms with Crippen LogP contribution in [0.4, 0.5) is 17.1 Å². The molecule has 1 aromatic rings. The Morgan fingerprint density at radius 3 is 2.45 bits per heavy atom. The zero-order chi connectivity index (χ0) is 15.1. The minimum atomic E-state index is -0.763. The van der Waals surface area contributed by atoms with Crippen molar-refractivity contribution < 1.29 is 14.6 Å². The van der Waals surface area contributed by atoms with Crippen molar-refractivity contribution in [2.75, 3.05) is 10.6 Å². The van der Waals surface area contributed by atoms with Crippen molar-refractivity contribution in [1.82, 2.24) is 0 Å². The lowest BCUT2D eigenvalue weighted by Gasteiger charge is -2.05. The van der Waals surface area contributed by atoms with Crippen molar-refractivity contribution >= 4 is 38.9 Å². The number of halogens is 1. The Labute approximate surface area is 122 Å². The normalized spacial score (nSPS) is 10.1. The van der Waals surface area contributed by atoms with Crippen LogP contribution in [0.1, 0.15) is 19.3 Å². The quantitative estimate of drug-likeness (QED) is 0.353. The van der Waals surface area contributed by atoms with E-state index in [0.29, 0.717) is 6.42 Å². The van der Waals surface area contributed by atoms with E-state index >= 15 is 0 Å². The smallest absolute Gasteiger partial charge is 0.299 e. The first-order valence-electron chi connectivity index (χ1n) is 5.74. The number of hydrogen-bond donors (Lipinski definition) is 1. The number of alkyl halides is 1. The molecule has 1 amide bonds. The lowest BCUT2D eigenvalue weighted by molar-refractivity contribution is -0.393. The van der Waals surface area contributed by atoms with Gasteiger partial charge in [-0.05, 0) is 18.9 Å². The number of hydrogen-bond acceptors (Lipinski definition) is 5. The summed E-state index contributed by atoms with van der Waals surface area (Å²) in [6.07, 6.45) is 1.70. The molecule has 0 spiro atoms. The summed E-state index contributed by atoms with van der Waals surface area (Å²) >= 11 is 3.23. The van der Waals surface area contributed by atoms with Gasteiger partial charge in [0.05, 0.1) is 15.9 Å². The molecule has 0 aliphatic carbocycles. The first kappa shape index (κ1) is 16.0. The van der Waals surface area contributed by atoms with Crippen LogP contribution in [0, 0.1) is 20.2 Å². The zero-order valence-electron chi connectivity index (χ0n) is 10.4. The Hall–Kier alpha value is -2.03. The Morgan fingerprint density at radius 1 is 1.20 bits per heavy atom. The van der Waals surface area contributed by atoms with Crippen LogP contribution in [0.25, 0.3) is 0 Å². The van der Waals surface area contributed by atoms with Crippen LogP contribution >= 0.6 is 15.9 Å². The molecule has 0 unspecified atom stereocenters. The summed E-state index contributed by atoms with van der Waals surface area (Å²) in [5.41, 5.74) is -0.925. The highest BCUT2D eigenvalue weighted by Crippen LogP contribution is 2.29. The predicted molar refractivity (Wildman–Crippen MR) is 76.0 cm³/mol. The van der Waals surface area contributed by atoms with E-state index in [2.05, 4.69) is 21.2 Å². The van der Waals surface area contributed by atoms with Gasteiger partial charge < -0.3 is 5.32 Å². The van der Waals surface area contributed by atoms with Gasteiger partial charge >= 0.3 is 0 Å². The van der Waals surface area contributed by atoms with Crippen molar-refractivity contribution in [2.24, 2.45) is 0 Å². The third-order valence-corrected chi connectivity index (χ3v) is 3.01. The summed E-state index contributed by atoms with van der Waals surface area (Å²) in [7, 11) is 0. The van der Waals surface area contributed by atoms with Gasteiger partial charge in [0.1, 0.15) is 5.69 Å². The second kappa shape index (κ2) is 7.53. The van der Waals surface area contributed by atoms with E-state index in [-0.39, 0.29) is 18.0 Å². The first-order chi connectivity index (χ1) is 9.45. The molecule has 1 rings (SSSR count). The molecule has 8 nitrogen and oxygen atoms in total. The molecule has 0 saturated carbocycles. The lowest BCUT2D eigenvalue weighted by atomic mass is 10.2. The largest absolute Gasteiger partial charge is 0.320 e. The van der Waals surface area contributed by atoms with Gasteiger partial charge in [0.25, 0.3) is 11.4 Å². The van der Waals surface area contributed by atoms with Gasteiger partial charge in [-0.25, -0.2) is 0 Å². The summed E-state index contributed by atoms with van der Waals surface area (Å²) < 4.78 is 0. The van der Waals surface area contributed by atoms with Crippen LogP contribution in [0.2, 0.25) is 0 Å². The monoisotopic (exact) mass is 345 g/mol. The fraction of sp³-hybridized carbons (Fsp3) is 0.364. The molecule has 20 heavy (non-hydrogen) atoms. The molecule has 0 aliphatic rings. The van der Waals surface area contributed by atoms with E-state index in [1.54, 1.807) is 0 Å². The molecule has 0 aliphatic heterocycles. The van der Waals surface area contributed by atoms with Crippen molar-refractivity contribution in [2.45, 2.75) is 19.3 Å². The summed E-state index contributed by atoms with van der Waals surface area (Å²) in [5, 5.41) is 24.6. The fourth-order valence-electron chi connectivity index (χ4n) is 1.48. The number of carbonyl (C=O) groups excluding carboxylic acids is 1. The minimum Gasteiger partial charge on any atom is -0.320 e. The standard InChI is InChI=1S/C11H12BrN3O5/c12-6-2-1-3-11(16)13-9-5-4-8(14(17)18)7-10(9)15(19)20/h4-5,7H,1-3,6H2,(H,13,16). The Morgan fingerprint density at radius 2 is 1.90 bits per heavy atom. The second-order valence-corrected chi connectivity index (χ2v) is 4.70. The maximum atomic E-state index is 11.6. The van der Waals surface area contributed by atoms with Crippen molar-refractivity contribution in [1.29, 1.82) is 0 Å². The molecule has 0 atom stereocenters. The molecule has 0 saturated heterocycles. The summed E-state index contributed by atoms with van der Waals surface area (Å²) in [5.74, 6) is -0.358. The summed E-state index contributed by atoms with van der Waals surface area (Å²) in [6.45, 7) is 0. The fourth-order valence-corrected chi connectivity index (χ4v) is 1.88. The maximum absolute atomic E-state index is 11.6. The molecule has 0 radical (unpaired) electrons. The van der Waals surface area contributed by atoms with E-state index in [9.17, 15) is 25.0 Å². The molecule has 1 aromatic carbocycles. The molecular weight excluding hydrogens is 334 g/mol. The molecule has 0 bridgehead atoms. The van der Waals surface area contributed by atoms with Gasteiger partial charge in [-0.3, -0.25) is 25.0 Å². The molecular formula is C11H12BrN3O5. The van der Waals surface area contributed by atoms with Crippen LogP contribution in [0.3, 0.4) is 0 Å². The van der Waals surface area contributed by atoms with Crippen LogP contribution in [-0.2, 0) is 4.79 Å². The lowest BCUT2D eigenvalue weighted by Crippen LogP contribution is -2.12. The SMILES string of the molecule is O=C(CCCCBr)Nc1ccc([N+](=O)[O-])cc1[N+](=O)[O-]. The van der Waals surface area contributed by atoms with Crippen LogP contribution < -0.4 is 5.32 Å². The van der Waals surface area contributed by atoms with Crippen molar-refractivity contribution in [3.63, 3.8) is 0 Å². The molecule has 0 heterocycles. The number of rotatable bonds is 7. The van der Waals surface area contributed by atoms with E-state index in [0.717, 1.165) is 23.9 Å². The number of nitrogens with one attached hydrogen (secondary N) is 1. The average molecular weight is 346 g/mol. The number of carbonyl (C=O) groups is 1. The van der Waals surface area contributed by atoms with Gasteiger partial charge in [-0.2, -0.15) is 0 Å². The highest BCUT2D eigenvalue weighted by Gasteiger charge is 2.20. The highest BCUT2D eigenvalue weighted by atomic mass is 79.9. The van der Waals surface area contributed by atoms with Crippen LogP contribution in [0.15, 0.2) is 18.2 Å². The second-order valence-electron chi connectivity index (χ2n) is 3.91. The van der Waals surface area contributed by atoms with Crippen LogP contribution in [0.5, 0.6) is 0 Å². The number of nitrogens with zero attached hydrogens (tertiary/aromatic N) is 2. The molecule has 0 fully saturated rings. The minimum absolute atomic E-state index is 0.0376. The number of nitro benzene ring substituents is 2. The Kier molecular flexibility index (Phi) is 6.04. The number of nitro groups is 2. The van der Waals surface area contributed by atoms with Crippen molar-refractivity contribution in [3.8, 4) is 0 Å². The Balaban J connectivity index is 2.86. The average Bonchev–Trinajstić information content (AvgIpc) is 2.38. The molecule has 1 N–H and O–H groups in total. The van der Waals surface area contributed by atoms with Crippen molar-refractivity contribution in [3.05, 3.63) is 38.4 Å². The van der Waals surface area contributed by atoms with E-state index in [4.69, 9.17) is 0 Å². The van der Waals surface area contributed by atoms with E-state index in [1.807, 2.05) is 0 Å².